The van der Waals surface area contributed by atoms with Gasteiger partial charge in [0.1, 0.15) is 5.60 Å². The first-order chi connectivity index (χ1) is 6.81. The predicted molar refractivity (Wildman–Crippen MR) is 69.0 cm³/mol. The van der Waals surface area contributed by atoms with E-state index in [-0.39, 0.29) is 5.88 Å². The largest absolute Gasteiger partial charge is 0.379 e. The van der Waals surface area contributed by atoms with Gasteiger partial charge in [-0.3, -0.25) is 0 Å². The zero-order valence-corrected chi connectivity index (χ0v) is 12.0. The van der Waals surface area contributed by atoms with Crippen molar-refractivity contribution in [2.45, 2.75) is 9.39 Å². The van der Waals surface area contributed by atoms with Gasteiger partial charge in [0.05, 0.1) is 5.88 Å². The third kappa shape index (κ3) is 2.93. The Kier molecular flexibility index (Phi) is 4.62. The topological polar surface area (TPSA) is 20.2 Å². The zero-order valence-electron chi connectivity index (χ0n) is 7.35. The van der Waals surface area contributed by atoms with Gasteiger partial charge in [0.2, 0.25) is 3.79 Å². The molecule has 1 rings (SSSR count). The summed E-state index contributed by atoms with van der Waals surface area (Å²) >= 11 is 26.1. The molecule has 0 fully saturated rings. The normalized spacial score (nSPS) is 16.1. The van der Waals surface area contributed by atoms with Gasteiger partial charge in [0.25, 0.3) is 0 Å². The third-order valence-corrected chi connectivity index (χ3v) is 3.78. The lowest BCUT2D eigenvalue weighted by Gasteiger charge is -2.33. The smallest absolute Gasteiger partial charge is 0.224 e. The van der Waals surface area contributed by atoms with Crippen LogP contribution in [0, 0.1) is 0 Å². The monoisotopic (exact) mass is 350 g/mol. The fourth-order valence-electron chi connectivity index (χ4n) is 1.06. The molecule has 1 aromatic carbocycles. The summed E-state index contributed by atoms with van der Waals surface area (Å²) in [5.41, 5.74) is -1.25. The Hall–Kier alpha value is 0.820. The van der Waals surface area contributed by atoms with Crippen LogP contribution in [-0.2, 0) is 5.60 Å². The van der Waals surface area contributed by atoms with E-state index >= 15 is 0 Å². The molecule has 6 heteroatoms. The van der Waals surface area contributed by atoms with Crippen LogP contribution in [0.3, 0.4) is 0 Å². The van der Waals surface area contributed by atoms with Crippen molar-refractivity contribution < 1.29 is 5.11 Å². The van der Waals surface area contributed by atoms with Crippen molar-refractivity contribution in [1.29, 1.82) is 0 Å². The van der Waals surface area contributed by atoms with Gasteiger partial charge in [-0.05, 0) is 17.7 Å². The first-order valence-corrected chi connectivity index (χ1v) is 6.38. The van der Waals surface area contributed by atoms with Crippen molar-refractivity contribution in [1.82, 2.24) is 0 Å². The van der Waals surface area contributed by atoms with Crippen LogP contribution >= 0.6 is 62.3 Å². The van der Waals surface area contributed by atoms with Crippen molar-refractivity contribution in [2.75, 3.05) is 5.88 Å². The van der Waals surface area contributed by atoms with E-state index in [2.05, 4.69) is 15.9 Å². The Morgan fingerprint density at radius 3 is 2.27 bits per heavy atom. The lowest BCUT2D eigenvalue weighted by molar-refractivity contribution is 0.0652. The van der Waals surface area contributed by atoms with E-state index in [1.165, 1.54) is 0 Å². The van der Waals surface area contributed by atoms with Crippen LogP contribution in [0.5, 0.6) is 0 Å². The molecule has 0 radical (unpaired) electrons. The summed E-state index contributed by atoms with van der Waals surface area (Å²) in [7, 11) is 0. The molecule has 0 saturated heterocycles. The molecule has 1 aromatic rings. The van der Waals surface area contributed by atoms with Crippen LogP contribution in [0.25, 0.3) is 0 Å². The molecule has 1 atom stereocenters. The van der Waals surface area contributed by atoms with E-state index in [0.29, 0.717) is 5.56 Å². The van der Waals surface area contributed by atoms with Crippen molar-refractivity contribution >= 4 is 62.3 Å². The summed E-state index contributed by atoms with van der Waals surface area (Å²) < 4.78 is -1.10. The average molecular weight is 353 g/mol. The molecular formula is C9H7BrCl4O. The van der Waals surface area contributed by atoms with Gasteiger partial charge in [0, 0.05) is 4.47 Å². The number of hydrogen-bond acceptors (Lipinski definition) is 1. The number of halogens is 5. The quantitative estimate of drug-likeness (QED) is 0.789. The second-order valence-electron chi connectivity index (χ2n) is 3.00. The molecule has 0 aromatic heterocycles. The first kappa shape index (κ1) is 13.9. The molecule has 84 valence electrons. The van der Waals surface area contributed by atoms with Crippen LogP contribution in [0.2, 0.25) is 0 Å². The van der Waals surface area contributed by atoms with E-state index in [1.54, 1.807) is 24.3 Å². The summed E-state index contributed by atoms with van der Waals surface area (Å²) in [6.45, 7) is 0. The molecule has 0 aliphatic rings. The second-order valence-corrected chi connectivity index (χ2v) is 6.47. The number of aliphatic hydroxyl groups is 1. The van der Waals surface area contributed by atoms with E-state index < -0.39 is 9.39 Å². The molecule has 1 nitrogen and oxygen atoms in total. The highest BCUT2D eigenvalue weighted by Crippen LogP contribution is 2.45. The highest BCUT2D eigenvalue weighted by molar-refractivity contribution is 9.10. The summed E-state index contributed by atoms with van der Waals surface area (Å²) in [4.78, 5) is 0. The van der Waals surface area contributed by atoms with Crippen molar-refractivity contribution in [3.05, 3.63) is 34.3 Å². The SMILES string of the molecule is OC(CCl)(c1cccc(Br)c1)C(Cl)(Cl)Cl. The van der Waals surface area contributed by atoms with Gasteiger partial charge in [-0.2, -0.15) is 0 Å². The number of hydrogen-bond donors (Lipinski definition) is 1. The maximum atomic E-state index is 10.2. The Balaban J connectivity index is 3.23. The molecular weight excluding hydrogens is 346 g/mol. The number of benzene rings is 1. The van der Waals surface area contributed by atoms with Crippen molar-refractivity contribution in [3.63, 3.8) is 0 Å². The number of alkyl halides is 4. The summed E-state index contributed by atoms with van der Waals surface area (Å²) in [5.74, 6) is -0.208. The van der Waals surface area contributed by atoms with Crippen LogP contribution in [0.4, 0.5) is 0 Å². The molecule has 0 amide bonds. The van der Waals surface area contributed by atoms with Crippen LogP contribution in [0.1, 0.15) is 5.56 Å². The zero-order chi connectivity index (χ0) is 11.7. The Morgan fingerprint density at radius 2 is 1.87 bits per heavy atom. The predicted octanol–water partition coefficient (Wildman–Crippen LogP) is 4.25. The highest BCUT2D eigenvalue weighted by Gasteiger charge is 2.48. The summed E-state index contributed by atoms with van der Waals surface area (Å²) in [6, 6.07) is 6.84. The molecule has 0 aliphatic heterocycles. The first-order valence-electron chi connectivity index (χ1n) is 3.92. The van der Waals surface area contributed by atoms with Gasteiger partial charge in [-0.15, -0.1) is 11.6 Å². The van der Waals surface area contributed by atoms with Gasteiger partial charge in [-0.1, -0.05) is 62.9 Å². The van der Waals surface area contributed by atoms with E-state index in [1.807, 2.05) is 0 Å². The maximum absolute atomic E-state index is 10.2. The van der Waals surface area contributed by atoms with Crippen LogP contribution in [0.15, 0.2) is 28.7 Å². The lowest BCUT2D eigenvalue weighted by Crippen LogP contribution is -2.41. The van der Waals surface area contributed by atoms with Gasteiger partial charge >= 0.3 is 0 Å². The summed E-state index contributed by atoms with van der Waals surface area (Å²) in [6.07, 6.45) is 0. The molecule has 1 N–H and O–H groups in total. The lowest BCUT2D eigenvalue weighted by atomic mass is 9.98. The molecule has 15 heavy (non-hydrogen) atoms. The molecule has 0 spiro atoms. The van der Waals surface area contributed by atoms with Crippen molar-refractivity contribution in [3.8, 4) is 0 Å². The standard InChI is InChI=1S/C9H7BrCl4O/c10-7-3-1-2-6(4-7)8(15,5-11)9(12,13)14/h1-4,15H,5H2. The van der Waals surface area contributed by atoms with Gasteiger partial charge in [-0.25, -0.2) is 0 Å². The minimum atomic E-state index is -1.88. The van der Waals surface area contributed by atoms with Gasteiger partial charge < -0.3 is 5.11 Å². The highest BCUT2D eigenvalue weighted by atomic mass is 79.9. The van der Waals surface area contributed by atoms with Crippen molar-refractivity contribution in [2.24, 2.45) is 0 Å². The summed E-state index contributed by atoms with van der Waals surface area (Å²) in [5, 5.41) is 10.2. The molecule has 0 bridgehead atoms. The average Bonchev–Trinajstić information content (AvgIpc) is 2.14. The number of rotatable bonds is 2. The van der Waals surface area contributed by atoms with E-state index in [9.17, 15) is 5.11 Å². The molecule has 0 heterocycles. The van der Waals surface area contributed by atoms with E-state index in [4.69, 9.17) is 46.4 Å². The third-order valence-electron chi connectivity index (χ3n) is 1.96. The Bertz CT molecular complexity index is 352. The Labute approximate surface area is 116 Å². The molecule has 0 aliphatic carbocycles. The van der Waals surface area contributed by atoms with Crippen LogP contribution in [-0.4, -0.2) is 14.8 Å². The maximum Gasteiger partial charge on any atom is 0.224 e. The fraction of sp³-hybridized carbons (Fsp3) is 0.333. The fourth-order valence-corrected chi connectivity index (χ4v) is 2.55. The second kappa shape index (κ2) is 4.99. The Morgan fingerprint density at radius 1 is 1.27 bits per heavy atom. The minimum absolute atomic E-state index is 0.208. The minimum Gasteiger partial charge on any atom is -0.379 e. The molecule has 1 unspecified atom stereocenters. The molecule has 0 saturated carbocycles. The van der Waals surface area contributed by atoms with Gasteiger partial charge in [0.15, 0.2) is 0 Å². The van der Waals surface area contributed by atoms with Crippen LogP contribution < -0.4 is 0 Å². The van der Waals surface area contributed by atoms with E-state index in [0.717, 1.165) is 4.47 Å².